The van der Waals surface area contributed by atoms with Crippen molar-refractivity contribution in [2.75, 3.05) is 13.1 Å². The standard InChI is InChI=1S/C23H23N3O3S/c27-21(23(28)9-10-23)26-14-16-11-17(26)13-25(16)12-15-5-7-18(8-6-15)29-22-24-19-3-1-2-4-20(19)30-22/h1-8,16-17,28H,9-14H2/t16-,17+/m1/s1. The van der Waals surface area contributed by atoms with Gasteiger partial charge in [0.05, 0.1) is 10.2 Å². The summed E-state index contributed by atoms with van der Waals surface area (Å²) in [5.74, 6) is 0.737. The van der Waals surface area contributed by atoms with Crippen LogP contribution in [-0.4, -0.2) is 56.6 Å². The molecule has 1 saturated carbocycles. The summed E-state index contributed by atoms with van der Waals surface area (Å²) < 4.78 is 7.06. The molecule has 30 heavy (non-hydrogen) atoms. The maximum absolute atomic E-state index is 12.5. The molecule has 1 aromatic heterocycles. The van der Waals surface area contributed by atoms with Gasteiger partial charge in [-0.15, -0.1) is 0 Å². The highest BCUT2D eigenvalue weighted by Gasteiger charge is 2.55. The molecule has 2 aliphatic heterocycles. The van der Waals surface area contributed by atoms with Crippen LogP contribution in [0.5, 0.6) is 10.9 Å². The van der Waals surface area contributed by atoms with Crippen LogP contribution >= 0.6 is 11.3 Å². The van der Waals surface area contributed by atoms with Crippen LogP contribution in [0.25, 0.3) is 10.2 Å². The number of carbonyl (C=O) groups is 1. The molecule has 1 amide bonds. The van der Waals surface area contributed by atoms with E-state index in [1.807, 2.05) is 41.3 Å². The van der Waals surface area contributed by atoms with Crippen LogP contribution in [0.15, 0.2) is 48.5 Å². The van der Waals surface area contributed by atoms with Crippen molar-refractivity contribution in [3.05, 3.63) is 54.1 Å². The Labute approximate surface area is 178 Å². The second-order valence-corrected chi connectivity index (χ2v) is 9.65. The zero-order valence-corrected chi connectivity index (χ0v) is 17.3. The molecule has 3 aliphatic rings. The summed E-state index contributed by atoms with van der Waals surface area (Å²) in [6.45, 7) is 2.50. The van der Waals surface area contributed by atoms with Gasteiger partial charge in [0.1, 0.15) is 11.4 Å². The zero-order valence-electron chi connectivity index (χ0n) is 16.5. The molecule has 154 valence electrons. The van der Waals surface area contributed by atoms with E-state index in [0.29, 0.717) is 24.1 Å². The third-order valence-electron chi connectivity index (χ3n) is 6.53. The third-order valence-corrected chi connectivity index (χ3v) is 7.44. The van der Waals surface area contributed by atoms with E-state index in [0.717, 1.165) is 42.0 Å². The van der Waals surface area contributed by atoms with Crippen molar-refractivity contribution in [1.82, 2.24) is 14.8 Å². The number of fused-ring (bicyclic) bond motifs is 3. The Hall–Kier alpha value is -2.48. The number of thiazole rings is 1. The van der Waals surface area contributed by atoms with Crippen LogP contribution < -0.4 is 4.74 Å². The number of nitrogens with zero attached hydrogens (tertiary/aromatic N) is 3. The summed E-state index contributed by atoms with van der Waals surface area (Å²) in [6, 6.07) is 16.9. The monoisotopic (exact) mass is 421 g/mol. The number of aromatic nitrogens is 1. The van der Waals surface area contributed by atoms with Crippen molar-refractivity contribution in [2.45, 2.75) is 43.5 Å². The molecule has 0 radical (unpaired) electrons. The van der Waals surface area contributed by atoms with Crippen molar-refractivity contribution < 1.29 is 14.6 Å². The fourth-order valence-corrected chi connectivity index (χ4v) is 5.52. The quantitative estimate of drug-likeness (QED) is 0.684. The lowest BCUT2D eigenvalue weighted by Crippen LogP contribution is -2.51. The van der Waals surface area contributed by atoms with E-state index in [1.54, 1.807) is 11.3 Å². The predicted molar refractivity (Wildman–Crippen MR) is 115 cm³/mol. The third kappa shape index (κ3) is 3.17. The molecule has 2 atom stereocenters. The molecule has 0 spiro atoms. The van der Waals surface area contributed by atoms with Crippen molar-refractivity contribution in [2.24, 2.45) is 0 Å². The van der Waals surface area contributed by atoms with Gasteiger partial charge in [-0.2, -0.15) is 0 Å². The van der Waals surface area contributed by atoms with Crippen molar-refractivity contribution >= 4 is 27.5 Å². The highest BCUT2D eigenvalue weighted by Crippen LogP contribution is 2.41. The summed E-state index contributed by atoms with van der Waals surface area (Å²) in [4.78, 5) is 21.4. The first-order valence-corrected chi connectivity index (χ1v) is 11.3. The zero-order chi connectivity index (χ0) is 20.3. The number of rotatable bonds is 5. The lowest BCUT2D eigenvalue weighted by atomic mass is 10.1. The Morgan fingerprint density at radius 3 is 2.63 bits per heavy atom. The maximum Gasteiger partial charge on any atom is 0.279 e. The van der Waals surface area contributed by atoms with E-state index in [-0.39, 0.29) is 11.9 Å². The molecule has 1 aliphatic carbocycles. The fraction of sp³-hybridized carbons (Fsp3) is 0.391. The van der Waals surface area contributed by atoms with E-state index >= 15 is 0 Å². The van der Waals surface area contributed by atoms with Crippen molar-refractivity contribution in [3.8, 4) is 10.9 Å². The molecule has 2 bridgehead atoms. The number of carbonyl (C=O) groups excluding carboxylic acids is 1. The first-order valence-electron chi connectivity index (χ1n) is 10.5. The number of piperazine rings is 1. The fourth-order valence-electron chi connectivity index (χ4n) is 4.68. The Morgan fingerprint density at radius 2 is 1.93 bits per heavy atom. The van der Waals surface area contributed by atoms with Gasteiger partial charge >= 0.3 is 0 Å². The average Bonchev–Trinajstić information content (AvgIpc) is 3.09. The molecular weight excluding hydrogens is 398 g/mol. The van der Waals surface area contributed by atoms with Crippen LogP contribution in [0.3, 0.4) is 0 Å². The molecule has 3 heterocycles. The molecule has 3 aromatic rings. The van der Waals surface area contributed by atoms with Gasteiger partial charge in [0.25, 0.3) is 11.1 Å². The molecule has 1 N–H and O–H groups in total. The summed E-state index contributed by atoms with van der Waals surface area (Å²) in [5.41, 5.74) is 1.14. The molecular formula is C23H23N3O3S. The van der Waals surface area contributed by atoms with Gasteiger partial charge in [-0.25, -0.2) is 4.98 Å². The average molecular weight is 422 g/mol. The van der Waals surface area contributed by atoms with E-state index in [2.05, 4.69) is 22.0 Å². The van der Waals surface area contributed by atoms with E-state index < -0.39 is 5.60 Å². The molecule has 6 nitrogen and oxygen atoms in total. The van der Waals surface area contributed by atoms with Gasteiger partial charge in [0, 0.05) is 31.7 Å². The summed E-state index contributed by atoms with van der Waals surface area (Å²) in [7, 11) is 0. The first kappa shape index (κ1) is 18.3. The van der Waals surface area contributed by atoms with Crippen LogP contribution in [0.2, 0.25) is 0 Å². The van der Waals surface area contributed by atoms with Crippen molar-refractivity contribution in [3.63, 3.8) is 0 Å². The minimum Gasteiger partial charge on any atom is -0.431 e. The number of para-hydroxylation sites is 1. The molecule has 6 rings (SSSR count). The molecule has 2 saturated heterocycles. The molecule has 2 aromatic carbocycles. The normalized spacial score (nSPS) is 24.5. The van der Waals surface area contributed by atoms with E-state index in [9.17, 15) is 9.90 Å². The van der Waals surface area contributed by atoms with Crippen LogP contribution in [0, 0.1) is 0 Å². The van der Waals surface area contributed by atoms with Gasteiger partial charge in [-0.3, -0.25) is 9.69 Å². The second-order valence-electron chi connectivity index (χ2n) is 8.66. The van der Waals surface area contributed by atoms with Crippen molar-refractivity contribution in [1.29, 1.82) is 0 Å². The predicted octanol–water partition coefficient (Wildman–Crippen LogP) is 3.40. The highest BCUT2D eigenvalue weighted by atomic mass is 32.1. The number of aliphatic hydroxyl groups is 1. The number of hydrogen-bond acceptors (Lipinski definition) is 6. The molecule has 0 unspecified atom stereocenters. The Morgan fingerprint density at radius 1 is 1.13 bits per heavy atom. The number of ether oxygens (including phenoxy) is 1. The highest BCUT2D eigenvalue weighted by molar-refractivity contribution is 7.20. The maximum atomic E-state index is 12.5. The Balaban J connectivity index is 1.08. The van der Waals surface area contributed by atoms with Gasteiger partial charge in [-0.05, 0) is 49.1 Å². The van der Waals surface area contributed by atoms with E-state index in [1.165, 1.54) is 5.56 Å². The van der Waals surface area contributed by atoms with Gasteiger partial charge in [-0.1, -0.05) is 35.6 Å². The van der Waals surface area contributed by atoms with Crippen LogP contribution in [0.4, 0.5) is 0 Å². The van der Waals surface area contributed by atoms with Gasteiger partial charge in [0.15, 0.2) is 0 Å². The number of benzene rings is 2. The lowest BCUT2D eigenvalue weighted by Gasteiger charge is -2.35. The number of hydrogen-bond donors (Lipinski definition) is 1. The van der Waals surface area contributed by atoms with Gasteiger partial charge < -0.3 is 14.7 Å². The number of amides is 1. The van der Waals surface area contributed by atoms with Crippen LogP contribution in [0.1, 0.15) is 24.8 Å². The Kier molecular flexibility index (Phi) is 4.13. The minimum absolute atomic E-state index is 0.0500. The topological polar surface area (TPSA) is 65.9 Å². The summed E-state index contributed by atoms with van der Waals surface area (Å²) >= 11 is 1.55. The largest absolute Gasteiger partial charge is 0.431 e. The summed E-state index contributed by atoms with van der Waals surface area (Å²) in [6.07, 6.45) is 2.25. The Bertz CT molecular complexity index is 1080. The molecule has 7 heteroatoms. The van der Waals surface area contributed by atoms with E-state index in [4.69, 9.17) is 4.74 Å². The van der Waals surface area contributed by atoms with Gasteiger partial charge in [0.2, 0.25) is 0 Å². The molecule has 3 fully saturated rings. The second kappa shape index (κ2) is 6.77. The van der Waals surface area contributed by atoms with Crippen LogP contribution in [-0.2, 0) is 11.3 Å². The lowest BCUT2D eigenvalue weighted by molar-refractivity contribution is -0.144. The smallest absolute Gasteiger partial charge is 0.279 e. The minimum atomic E-state index is -1.05. The first-order chi connectivity index (χ1) is 14.6. The summed E-state index contributed by atoms with van der Waals surface area (Å²) in [5, 5.41) is 10.8. The number of likely N-dealkylation sites (tertiary alicyclic amines) is 2. The SMILES string of the molecule is O=C(N1C[C@H]2C[C@H]1CN2Cc1ccc(Oc2nc3ccccc3s2)cc1)C1(O)CC1.